The number of nitrogens with zero attached hydrogens (tertiary/aromatic N) is 4. The summed E-state index contributed by atoms with van der Waals surface area (Å²) in [5, 5.41) is 20.0. The minimum Gasteiger partial charge on any atom is -0.443 e. The van der Waals surface area contributed by atoms with E-state index in [1.54, 1.807) is 28.8 Å². The Hall–Kier alpha value is -4.03. The van der Waals surface area contributed by atoms with Gasteiger partial charge in [0.1, 0.15) is 30.8 Å². The lowest BCUT2D eigenvalue weighted by Gasteiger charge is -2.22. The van der Waals surface area contributed by atoms with Crippen LogP contribution in [0, 0.1) is 15.9 Å². The van der Waals surface area contributed by atoms with Crippen LogP contribution in [0.1, 0.15) is 5.56 Å². The molecule has 1 unspecified atom stereocenters. The number of hydrogen-bond acceptors (Lipinski definition) is 8. The molecule has 12 heteroatoms. The number of imidazole rings is 1. The Morgan fingerprint density at radius 2 is 2.03 bits per heavy atom. The molecule has 2 aliphatic heterocycles. The molecule has 1 saturated heterocycles. The number of nitro groups is 1. The molecule has 0 aliphatic carbocycles. The van der Waals surface area contributed by atoms with Crippen molar-refractivity contribution >= 4 is 17.6 Å². The highest BCUT2D eigenvalue weighted by molar-refractivity contribution is 5.90. The maximum absolute atomic E-state index is 14.8. The highest BCUT2D eigenvalue weighted by Crippen LogP contribution is 2.29. The van der Waals surface area contributed by atoms with Crippen molar-refractivity contribution in [1.29, 1.82) is 0 Å². The first-order valence-electron chi connectivity index (χ1n) is 10.8. The second kappa shape index (κ2) is 9.31. The molecule has 5 rings (SSSR count). The van der Waals surface area contributed by atoms with Gasteiger partial charge < -0.3 is 29.4 Å². The quantitative estimate of drug-likeness (QED) is 0.400. The second-order valence-electron chi connectivity index (χ2n) is 8.20. The zero-order chi connectivity index (χ0) is 24.5. The van der Waals surface area contributed by atoms with Gasteiger partial charge in [-0.2, -0.15) is 0 Å². The number of cyclic esters (lactones) is 1. The van der Waals surface area contributed by atoms with Crippen molar-refractivity contribution in [3.8, 4) is 17.1 Å². The topological polar surface area (TPSA) is 129 Å². The molecule has 3 heterocycles. The number of hydrogen-bond donors (Lipinski definition) is 1. The summed E-state index contributed by atoms with van der Waals surface area (Å²) in [7, 11) is 0. The van der Waals surface area contributed by atoms with Crippen molar-refractivity contribution in [2.45, 2.75) is 25.4 Å². The number of amides is 1. The Morgan fingerprint density at radius 3 is 2.71 bits per heavy atom. The zero-order valence-electron chi connectivity index (χ0n) is 18.4. The number of aliphatic hydroxyl groups is 1. The molecular weight excluding hydrogens is 463 g/mol. The number of rotatable bonds is 7. The molecular formula is C23H21FN4O7. The van der Waals surface area contributed by atoms with Gasteiger partial charge >= 0.3 is 17.9 Å². The van der Waals surface area contributed by atoms with Gasteiger partial charge in [0.25, 0.3) is 0 Å². The molecule has 0 radical (unpaired) electrons. The standard InChI is InChI=1S/C23H21FN4O7/c24-20-7-16(27-9-17(11-29)35-23(27)30)5-6-19(20)15-3-1-14(2-4-15)12-33-18-8-26-10-21(28(31)32)25-22(26)34-13-18/h1-7,10,17-18,29H,8-9,11-13H2/t17-,18?/m1/s1. The molecule has 35 heavy (non-hydrogen) atoms. The van der Waals surface area contributed by atoms with E-state index < -0.39 is 22.9 Å². The summed E-state index contributed by atoms with van der Waals surface area (Å²) in [4.78, 5) is 27.3. The van der Waals surface area contributed by atoms with Crippen LogP contribution >= 0.6 is 0 Å². The van der Waals surface area contributed by atoms with Crippen LogP contribution in [0.5, 0.6) is 6.01 Å². The third kappa shape index (κ3) is 4.66. The third-order valence-electron chi connectivity index (χ3n) is 5.81. The van der Waals surface area contributed by atoms with E-state index in [1.165, 1.54) is 17.2 Å². The number of ether oxygens (including phenoxy) is 3. The average Bonchev–Trinajstić information content (AvgIpc) is 3.46. The van der Waals surface area contributed by atoms with Gasteiger partial charge in [0.15, 0.2) is 0 Å². The van der Waals surface area contributed by atoms with Crippen LogP contribution in [0.4, 0.5) is 20.7 Å². The number of benzene rings is 2. The van der Waals surface area contributed by atoms with Gasteiger partial charge in [-0.3, -0.25) is 9.47 Å². The summed E-state index contributed by atoms with van der Waals surface area (Å²) in [5.41, 5.74) is 2.26. The summed E-state index contributed by atoms with van der Waals surface area (Å²) < 4.78 is 32.7. The molecule has 1 N–H and O–H groups in total. The molecule has 1 fully saturated rings. The molecule has 0 saturated carbocycles. The van der Waals surface area contributed by atoms with Crippen LogP contribution in [0.25, 0.3) is 11.1 Å². The van der Waals surface area contributed by atoms with Crippen LogP contribution in [-0.4, -0.2) is 57.6 Å². The van der Waals surface area contributed by atoms with Crippen LogP contribution in [0.3, 0.4) is 0 Å². The van der Waals surface area contributed by atoms with Gasteiger partial charge in [0.2, 0.25) is 0 Å². The number of anilines is 1. The van der Waals surface area contributed by atoms with Gasteiger partial charge in [-0.15, -0.1) is 0 Å². The van der Waals surface area contributed by atoms with Crippen molar-refractivity contribution in [2.24, 2.45) is 0 Å². The average molecular weight is 484 g/mol. The van der Waals surface area contributed by atoms with Crippen molar-refractivity contribution in [1.82, 2.24) is 9.55 Å². The molecule has 0 bridgehead atoms. The normalized spacial score (nSPS) is 19.3. The Balaban J connectivity index is 1.21. The summed E-state index contributed by atoms with van der Waals surface area (Å²) in [6.07, 6.45) is -0.229. The first kappa shape index (κ1) is 22.7. The van der Waals surface area contributed by atoms with Crippen LogP contribution < -0.4 is 9.64 Å². The maximum Gasteiger partial charge on any atom is 0.414 e. The van der Waals surface area contributed by atoms with E-state index in [4.69, 9.17) is 19.3 Å². The fourth-order valence-corrected chi connectivity index (χ4v) is 3.99. The molecule has 182 valence electrons. The van der Waals surface area contributed by atoms with Crippen LogP contribution in [-0.2, 0) is 22.6 Å². The Labute approximate surface area is 198 Å². The van der Waals surface area contributed by atoms with E-state index in [2.05, 4.69) is 4.98 Å². The Morgan fingerprint density at radius 1 is 1.23 bits per heavy atom. The summed E-state index contributed by atoms with van der Waals surface area (Å²) in [6, 6.07) is 11.9. The molecule has 2 aromatic carbocycles. The Bertz CT molecular complexity index is 1260. The SMILES string of the molecule is O=C1O[C@@H](CO)CN1c1ccc(-c2ccc(COC3COc4nc([N+](=O)[O-])cn4C3)cc2)c(F)c1. The van der Waals surface area contributed by atoms with Crippen molar-refractivity contribution < 1.29 is 33.4 Å². The van der Waals surface area contributed by atoms with E-state index in [1.807, 2.05) is 12.1 Å². The zero-order valence-corrected chi connectivity index (χ0v) is 18.4. The molecule has 3 aromatic rings. The molecule has 2 atom stereocenters. The lowest BCUT2D eigenvalue weighted by atomic mass is 10.0. The highest BCUT2D eigenvalue weighted by atomic mass is 19.1. The van der Waals surface area contributed by atoms with Crippen molar-refractivity contribution in [3.05, 3.63) is 70.2 Å². The summed E-state index contributed by atoms with van der Waals surface area (Å²) in [5.74, 6) is -0.762. The molecule has 0 spiro atoms. The molecule has 2 aliphatic rings. The monoisotopic (exact) mass is 484 g/mol. The van der Waals surface area contributed by atoms with E-state index in [0.29, 0.717) is 23.4 Å². The van der Waals surface area contributed by atoms with Gasteiger partial charge in [-0.25, -0.2) is 9.18 Å². The molecule has 1 amide bonds. The van der Waals surface area contributed by atoms with Gasteiger partial charge in [-0.1, -0.05) is 24.3 Å². The fourth-order valence-electron chi connectivity index (χ4n) is 3.99. The van der Waals surface area contributed by atoms with E-state index in [0.717, 1.165) is 5.56 Å². The second-order valence-corrected chi connectivity index (χ2v) is 8.20. The lowest BCUT2D eigenvalue weighted by molar-refractivity contribution is -0.389. The van der Waals surface area contributed by atoms with Gasteiger partial charge in [-0.05, 0) is 34.2 Å². The maximum atomic E-state index is 14.8. The first-order valence-corrected chi connectivity index (χ1v) is 10.8. The van der Waals surface area contributed by atoms with Gasteiger partial charge in [0.05, 0.1) is 32.0 Å². The predicted octanol–water partition coefficient (Wildman–Crippen LogP) is 2.89. The molecule has 11 nitrogen and oxygen atoms in total. The van der Waals surface area contributed by atoms with E-state index in [-0.39, 0.29) is 44.3 Å². The number of aliphatic hydroxyl groups excluding tert-OH is 1. The fraction of sp³-hybridized carbons (Fsp3) is 0.304. The number of carbonyl (C=O) groups is 1. The summed E-state index contributed by atoms with van der Waals surface area (Å²) in [6.45, 7) is 0.765. The van der Waals surface area contributed by atoms with Crippen molar-refractivity contribution in [3.63, 3.8) is 0 Å². The number of halogens is 1. The molecule has 1 aromatic heterocycles. The highest BCUT2D eigenvalue weighted by Gasteiger charge is 2.32. The number of fused-ring (bicyclic) bond motifs is 1. The van der Waals surface area contributed by atoms with E-state index >= 15 is 0 Å². The number of carbonyl (C=O) groups excluding carboxylic acids is 1. The largest absolute Gasteiger partial charge is 0.443 e. The van der Waals surface area contributed by atoms with Crippen molar-refractivity contribution in [2.75, 3.05) is 24.7 Å². The first-order chi connectivity index (χ1) is 16.9. The van der Waals surface area contributed by atoms with Crippen LogP contribution in [0.2, 0.25) is 0 Å². The minimum atomic E-state index is -0.624. The minimum absolute atomic E-state index is 0.161. The smallest absolute Gasteiger partial charge is 0.414 e. The van der Waals surface area contributed by atoms with E-state index in [9.17, 15) is 19.3 Å². The third-order valence-corrected chi connectivity index (χ3v) is 5.81. The van der Waals surface area contributed by atoms with Gasteiger partial charge in [0, 0.05) is 10.5 Å². The lowest BCUT2D eigenvalue weighted by Crippen LogP contribution is -2.32. The predicted molar refractivity (Wildman–Crippen MR) is 119 cm³/mol. The number of aromatic nitrogens is 2. The Kier molecular flexibility index (Phi) is 6.05. The van der Waals surface area contributed by atoms with Crippen LogP contribution in [0.15, 0.2) is 48.7 Å². The summed E-state index contributed by atoms with van der Waals surface area (Å²) >= 11 is 0.